The number of benzene rings is 4. The Balaban J connectivity index is 1.77. The Bertz CT molecular complexity index is 1560. The van der Waals surface area contributed by atoms with Crippen LogP contribution in [0.25, 0.3) is 27.5 Å². The lowest BCUT2D eigenvalue weighted by atomic mass is 9.61. The highest BCUT2D eigenvalue weighted by molar-refractivity contribution is 6.12. The van der Waals surface area contributed by atoms with Gasteiger partial charge in [-0.15, -0.1) is 0 Å². The first-order chi connectivity index (χ1) is 15.9. The molecule has 152 valence electrons. The van der Waals surface area contributed by atoms with E-state index in [0.717, 1.165) is 12.8 Å². The fourth-order valence-electron chi connectivity index (χ4n) is 6.15. The molecule has 32 heavy (non-hydrogen) atoms. The molecule has 1 heteroatoms. The molecule has 7 rings (SSSR count). The maximum absolute atomic E-state index is 2.50. The van der Waals surface area contributed by atoms with Crippen molar-refractivity contribution in [2.75, 3.05) is 0 Å². The van der Waals surface area contributed by atoms with Crippen LogP contribution in [-0.4, -0.2) is 4.57 Å². The van der Waals surface area contributed by atoms with E-state index in [0.29, 0.717) is 0 Å². The lowest BCUT2D eigenvalue weighted by Crippen LogP contribution is -2.36. The van der Waals surface area contributed by atoms with E-state index in [4.69, 9.17) is 0 Å². The van der Waals surface area contributed by atoms with Crippen LogP contribution in [0.15, 0.2) is 121 Å². The zero-order chi connectivity index (χ0) is 21.1. The molecular weight excluding hydrogens is 386 g/mol. The Morgan fingerprint density at radius 1 is 0.656 bits per heavy atom. The molecule has 0 bridgehead atoms. The Morgan fingerprint density at radius 2 is 1.41 bits per heavy atom. The van der Waals surface area contributed by atoms with Crippen LogP contribution < -0.4 is 0 Å². The number of hydrogen-bond acceptors (Lipinski definition) is 0. The smallest absolute Gasteiger partial charge is 0.0705 e. The Kier molecular flexibility index (Phi) is 3.66. The van der Waals surface area contributed by atoms with Gasteiger partial charge in [-0.25, -0.2) is 0 Å². The topological polar surface area (TPSA) is 4.93 Å². The molecule has 0 saturated heterocycles. The van der Waals surface area contributed by atoms with E-state index in [-0.39, 0.29) is 5.41 Å². The summed E-state index contributed by atoms with van der Waals surface area (Å²) in [6.45, 7) is 0. The van der Waals surface area contributed by atoms with Crippen LogP contribution in [0.4, 0.5) is 0 Å². The number of allylic oxidation sites excluding steroid dienone is 4. The molecule has 2 aliphatic rings. The van der Waals surface area contributed by atoms with E-state index in [2.05, 4.69) is 120 Å². The summed E-state index contributed by atoms with van der Waals surface area (Å²) in [4.78, 5) is 0. The largest absolute Gasteiger partial charge is 0.309 e. The fraction of sp³-hybridized carbons (Fsp3) is 0.0968. The van der Waals surface area contributed by atoms with Gasteiger partial charge in [0.15, 0.2) is 0 Å². The van der Waals surface area contributed by atoms with E-state index in [1.165, 1.54) is 49.8 Å². The SMILES string of the molecule is C1=CCCC(C2(c3ccccc3)c3ccccc3-n3c4ccccc4c4cccc2c43)=C1. The summed E-state index contributed by atoms with van der Waals surface area (Å²) >= 11 is 0. The van der Waals surface area contributed by atoms with Crippen molar-refractivity contribution >= 4 is 21.8 Å². The van der Waals surface area contributed by atoms with E-state index >= 15 is 0 Å². The molecule has 4 aromatic carbocycles. The van der Waals surface area contributed by atoms with Gasteiger partial charge in [0.1, 0.15) is 0 Å². The quantitative estimate of drug-likeness (QED) is 0.281. The molecule has 0 N–H and O–H groups in total. The van der Waals surface area contributed by atoms with E-state index in [1.807, 2.05) is 0 Å². The van der Waals surface area contributed by atoms with Gasteiger partial charge in [0.05, 0.1) is 22.1 Å². The van der Waals surface area contributed by atoms with Gasteiger partial charge in [-0.1, -0.05) is 109 Å². The standard InChI is InChI=1S/C31H23N/c1-3-12-22(13-4-1)31(23-14-5-2-6-15-23)26-18-8-10-21-29(26)32-28-20-9-7-16-24(28)25-17-11-19-27(31)30(25)32/h1-5,7-14,16-21H,6,15H2. The van der Waals surface area contributed by atoms with Crippen molar-refractivity contribution in [3.63, 3.8) is 0 Å². The van der Waals surface area contributed by atoms with Gasteiger partial charge >= 0.3 is 0 Å². The van der Waals surface area contributed by atoms with Crippen molar-refractivity contribution in [1.29, 1.82) is 0 Å². The molecule has 0 amide bonds. The highest BCUT2D eigenvalue weighted by Crippen LogP contribution is 2.55. The summed E-state index contributed by atoms with van der Waals surface area (Å²) in [6.07, 6.45) is 9.05. The molecule has 0 fully saturated rings. The predicted octanol–water partition coefficient (Wildman–Crippen LogP) is 7.71. The van der Waals surface area contributed by atoms with Crippen LogP contribution in [0, 0.1) is 0 Å². The third-order valence-corrected chi connectivity index (χ3v) is 7.35. The highest BCUT2D eigenvalue weighted by Gasteiger charge is 2.45. The van der Waals surface area contributed by atoms with Gasteiger partial charge in [-0.2, -0.15) is 0 Å². The van der Waals surface area contributed by atoms with Crippen molar-refractivity contribution in [2.45, 2.75) is 18.3 Å². The number of rotatable bonds is 2. The van der Waals surface area contributed by atoms with Crippen molar-refractivity contribution < 1.29 is 0 Å². The molecule has 2 heterocycles. The Morgan fingerprint density at radius 3 is 2.28 bits per heavy atom. The maximum Gasteiger partial charge on any atom is 0.0705 e. The van der Waals surface area contributed by atoms with Gasteiger partial charge < -0.3 is 4.57 Å². The zero-order valence-electron chi connectivity index (χ0n) is 17.8. The number of nitrogens with zero attached hydrogens (tertiary/aromatic N) is 1. The van der Waals surface area contributed by atoms with Gasteiger partial charge in [0.2, 0.25) is 0 Å². The number of fused-ring (bicyclic) bond motifs is 5. The molecule has 1 unspecified atom stereocenters. The number of aromatic nitrogens is 1. The number of para-hydroxylation sites is 3. The second kappa shape index (κ2) is 6.58. The molecule has 5 aromatic rings. The van der Waals surface area contributed by atoms with Crippen LogP contribution in [0.3, 0.4) is 0 Å². The second-order valence-electron chi connectivity index (χ2n) is 8.85. The maximum atomic E-state index is 2.50. The molecule has 1 aliphatic carbocycles. The zero-order valence-corrected chi connectivity index (χ0v) is 17.8. The lowest BCUT2D eigenvalue weighted by molar-refractivity contribution is 0.666. The minimum Gasteiger partial charge on any atom is -0.309 e. The normalized spacial score (nSPS) is 19.2. The average Bonchev–Trinajstić information content (AvgIpc) is 3.22. The van der Waals surface area contributed by atoms with E-state index in [1.54, 1.807) is 0 Å². The second-order valence-corrected chi connectivity index (χ2v) is 8.85. The molecule has 1 nitrogen and oxygen atoms in total. The fourth-order valence-corrected chi connectivity index (χ4v) is 6.15. The van der Waals surface area contributed by atoms with Gasteiger partial charge in [0, 0.05) is 10.8 Å². The van der Waals surface area contributed by atoms with Gasteiger partial charge in [-0.05, 0) is 41.7 Å². The monoisotopic (exact) mass is 409 g/mol. The third kappa shape index (κ3) is 2.13. The summed E-state index contributed by atoms with van der Waals surface area (Å²) in [6, 6.07) is 35.9. The molecule has 1 aromatic heterocycles. The average molecular weight is 410 g/mol. The van der Waals surface area contributed by atoms with Crippen molar-refractivity contribution in [3.8, 4) is 5.69 Å². The predicted molar refractivity (Wildman–Crippen MR) is 134 cm³/mol. The first kappa shape index (κ1) is 17.8. The van der Waals surface area contributed by atoms with Crippen molar-refractivity contribution in [3.05, 3.63) is 138 Å². The van der Waals surface area contributed by atoms with Gasteiger partial charge in [0.25, 0.3) is 0 Å². The molecule has 0 spiro atoms. The van der Waals surface area contributed by atoms with Crippen molar-refractivity contribution in [1.82, 2.24) is 4.57 Å². The first-order valence-corrected chi connectivity index (χ1v) is 11.4. The van der Waals surface area contributed by atoms with Crippen LogP contribution in [0.1, 0.15) is 29.5 Å². The third-order valence-electron chi connectivity index (χ3n) is 7.35. The summed E-state index contributed by atoms with van der Waals surface area (Å²) in [5, 5.41) is 2.65. The highest BCUT2D eigenvalue weighted by atomic mass is 15.0. The molecular formula is C31H23N. The summed E-state index contributed by atoms with van der Waals surface area (Å²) in [5.74, 6) is 0. The van der Waals surface area contributed by atoms with Crippen LogP contribution in [0.5, 0.6) is 0 Å². The number of hydrogen-bond donors (Lipinski definition) is 0. The molecule has 1 aliphatic heterocycles. The minimum absolute atomic E-state index is 0.299. The lowest BCUT2D eigenvalue weighted by Gasteiger charge is -2.43. The van der Waals surface area contributed by atoms with E-state index in [9.17, 15) is 0 Å². The summed E-state index contributed by atoms with van der Waals surface area (Å²) < 4.78 is 2.50. The van der Waals surface area contributed by atoms with Gasteiger partial charge in [-0.3, -0.25) is 0 Å². The molecule has 1 atom stereocenters. The van der Waals surface area contributed by atoms with E-state index < -0.39 is 0 Å². The first-order valence-electron chi connectivity index (χ1n) is 11.4. The molecule has 0 radical (unpaired) electrons. The summed E-state index contributed by atoms with van der Waals surface area (Å²) in [5.41, 5.74) is 9.18. The van der Waals surface area contributed by atoms with Crippen LogP contribution >= 0.6 is 0 Å². The Hall–Kier alpha value is -3.84. The van der Waals surface area contributed by atoms with Crippen LogP contribution in [-0.2, 0) is 5.41 Å². The minimum atomic E-state index is -0.299. The summed E-state index contributed by atoms with van der Waals surface area (Å²) in [7, 11) is 0. The molecule has 0 saturated carbocycles. The van der Waals surface area contributed by atoms with Crippen molar-refractivity contribution in [2.24, 2.45) is 0 Å². The Labute approximate surface area is 187 Å². The van der Waals surface area contributed by atoms with Crippen LogP contribution in [0.2, 0.25) is 0 Å².